The Bertz CT molecular complexity index is 579. The van der Waals surface area contributed by atoms with Crippen molar-refractivity contribution in [2.24, 2.45) is 0 Å². The summed E-state index contributed by atoms with van der Waals surface area (Å²) >= 11 is 0. The summed E-state index contributed by atoms with van der Waals surface area (Å²) in [6.45, 7) is 1.89. The third-order valence-corrected chi connectivity index (χ3v) is 3.44. The molecule has 1 fully saturated rings. The van der Waals surface area contributed by atoms with Gasteiger partial charge in [0.25, 0.3) is 0 Å². The minimum atomic E-state index is 0. The Labute approximate surface area is 123 Å². The van der Waals surface area contributed by atoms with Crippen LogP contribution in [0.25, 0.3) is 11.0 Å². The van der Waals surface area contributed by atoms with Crippen LogP contribution in [0.4, 0.5) is 0 Å². The maximum atomic E-state index is 12.0. The van der Waals surface area contributed by atoms with Crippen LogP contribution in [0.5, 0.6) is 0 Å². The van der Waals surface area contributed by atoms with Crippen LogP contribution in [-0.2, 0) is 11.2 Å². The molecule has 0 bridgehead atoms. The molecular formula is C14H18ClN3O2. The number of para-hydroxylation sites is 1. The first kappa shape index (κ1) is 14.8. The van der Waals surface area contributed by atoms with Crippen molar-refractivity contribution in [2.45, 2.75) is 25.3 Å². The summed E-state index contributed by atoms with van der Waals surface area (Å²) in [5.41, 5.74) is 1.43. The van der Waals surface area contributed by atoms with Gasteiger partial charge in [-0.2, -0.15) is 0 Å². The molecule has 6 heteroatoms. The lowest BCUT2D eigenvalue weighted by Gasteiger charge is -2.23. The van der Waals surface area contributed by atoms with E-state index in [1.165, 1.54) is 0 Å². The number of fused-ring (bicyclic) bond motifs is 1. The molecule has 1 unspecified atom stereocenters. The highest BCUT2D eigenvalue weighted by Crippen LogP contribution is 2.18. The average molecular weight is 296 g/mol. The van der Waals surface area contributed by atoms with E-state index < -0.39 is 0 Å². The van der Waals surface area contributed by atoms with Gasteiger partial charge in [-0.25, -0.2) is 0 Å². The van der Waals surface area contributed by atoms with E-state index in [2.05, 4.69) is 15.8 Å². The number of hydrogen-bond acceptors (Lipinski definition) is 4. The Morgan fingerprint density at radius 3 is 3.10 bits per heavy atom. The fourth-order valence-corrected chi connectivity index (χ4v) is 2.47. The first-order valence-electron chi connectivity index (χ1n) is 6.66. The Balaban J connectivity index is 0.00000147. The molecule has 0 radical (unpaired) electrons. The van der Waals surface area contributed by atoms with Gasteiger partial charge in [0.1, 0.15) is 5.69 Å². The Morgan fingerprint density at radius 2 is 2.30 bits per heavy atom. The van der Waals surface area contributed by atoms with Gasteiger partial charge >= 0.3 is 0 Å². The number of rotatable bonds is 3. The first-order valence-corrected chi connectivity index (χ1v) is 6.66. The lowest BCUT2D eigenvalue weighted by molar-refractivity contribution is -0.121. The summed E-state index contributed by atoms with van der Waals surface area (Å²) in [4.78, 5) is 12.0. The summed E-state index contributed by atoms with van der Waals surface area (Å²) < 4.78 is 5.20. The Morgan fingerprint density at radius 1 is 1.45 bits per heavy atom. The number of amides is 1. The molecule has 5 nitrogen and oxygen atoms in total. The van der Waals surface area contributed by atoms with E-state index in [0.29, 0.717) is 5.69 Å². The van der Waals surface area contributed by atoms with Crippen molar-refractivity contribution in [3.63, 3.8) is 0 Å². The number of nitrogens with one attached hydrogen (secondary N) is 2. The number of hydrogen-bond donors (Lipinski definition) is 2. The van der Waals surface area contributed by atoms with Gasteiger partial charge < -0.3 is 15.2 Å². The van der Waals surface area contributed by atoms with Crippen molar-refractivity contribution in [1.29, 1.82) is 0 Å². The second kappa shape index (κ2) is 6.72. The number of aromatic nitrogens is 1. The van der Waals surface area contributed by atoms with Gasteiger partial charge in [-0.3, -0.25) is 4.79 Å². The highest BCUT2D eigenvalue weighted by molar-refractivity contribution is 5.86. The zero-order valence-electron chi connectivity index (χ0n) is 11.1. The maximum Gasteiger partial charge on any atom is 0.226 e. The molecule has 0 saturated carbocycles. The summed E-state index contributed by atoms with van der Waals surface area (Å²) in [7, 11) is 0. The number of nitrogens with zero attached hydrogens (tertiary/aromatic N) is 1. The maximum absolute atomic E-state index is 12.0. The summed E-state index contributed by atoms with van der Waals surface area (Å²) in [5.74, 6) is 0.00718. The van der Waals surface area contributed by atoms with Crippen molar-refractivity contribution < 1.29 is 9.32 Å². The van der Waals surface area contributed by atoms with Gasteiger partial charge in [0.2, 0.25) is 5.91 Å². The predicted octanol–water partition coefficient (Wildman–Crippen LogP) is 1.66. The quantitative estimate of drug-likeness (QED) is 0.904. The van der Waals surface area contributed by atoms with Crippen molar-refractivity contribution in [2.75, 3.05) is 13.1 Å². The summed E-state index contributed by atoms with van der Waals surface area (Å²) in [6, 6.07) is 7.84. The van der Waals surface area contributed by atoms with Crippen LogP contribution >= 0.6 is 12.4 Å². The van der Waals surface area contributed by atoms with Crippen LogP contribution in [0.3, 0.4) is 0 Å². The zero-order valence-corrected chi connectivity index (χ0v) is 11.9. The van der Waals surface area contributed by atoms with Gasteiger partial charge in [0.05, 0.1) is 6.42 Å². The molecule has 1 aliphatic heterocycles. The molecule has 1 amide bonds. The van der Waals surface area contributed by atoms with Gasteiger partial charge in [0, 0.05) is 18.0 Å². The second-order valence-electron chi connectivity index (χ2n) is 4.91. The summed E-state index contributed by atoms with van der Waals surface area (Å²) in [5, 5.41) is 11.2. The number of benzene rings is 1. The lowest BCUT2D eigenvalue weighted by Crippen LogP contribution is -2.46. The second-order valence-corrected chi connectivity index (χ2v) is 4.91. The van der Waals surface area contributed by atoms with E-state index in [4.69, 9.17) is 4.52 Å². The van der Waals surface area contributed by atoms with E-state index in [1.54, 1.807) is 0 Å². The first-order chi connectivity index (χ1) is 9.33. The Kier molecular flexibility index (Phi) is 4.98. The van der Waals surface area contributed by atoms with Crippen LogP contribution in [-0.4, -0.2) is 30.2 Å². The molecule has 0 aliphatic carbocycles. The van der Waals surface area contributed by atoms with Crippen molar-refractivity contribution in [1.82, 2.24) is 15.8 Å². The van der Waals surface area contributed by atoms with Gasteiger partial charge in [-0.05, 0) is 31.5 Å². The average Bonchev–Trinajstić information content (AvgIpc) is 2.83. The molecular weight excluding hydrogens is 278 g/mol. The molecule has 2 aromatic rings. The van der Waals surface area contributed by atoms with Crippen molar-refractivity contribution >= 4 is 29.3 Å². The van der Waals surface area contributed by atoms with Crippen LogP contribution in [0.15, 0.2) is 28.8 Å². The van der Waals surface area contributed by atoms with Crippen LogP contribution in [0.2, 0.25) is 0 Å². The molecule has 1 saturated heterocycles. The summed E-state index contributed by atoms with van der Waals surface area (Å²) in [6.07, 6.45) is 2.42. The molecule has 20 heavy (non-hydrogen) atoms. The highest BCUT2D eigenvalue weighted by atomic mass is 35.5. The van der Waals surface area contributed by atoms with Crippen LogP contribution < -0.4 is 10.6 Å². The predicted molar refractivity (Wildman–Crippen MR) is 79.0 cm³/mol. The Hall–Kier alpha value is -1.59. The monoisotopic (exact) mass is 295 g/mol. The number of piperidine rings is 1. The fourth-order valence-electron chi connectivity index (χ4n) is 2.47. The smallest absolute Gasteiger partial charge is 0.226 e. The van der Waals surface area contributed by atoms with Gasteiger partial charge in [0.15, 0.2) is 5.58 Å². The highest BCUT2D eigenvalue weighted by Gasteiger charge is 2.17. The van der Waals surface area contributed by atoms with E-state index in [-0.39, 0.29) is 30.8 Å². The van der Waals surface area contributed by atoms with Crippen LogP contribution in [0.1, 0.15) is 18.5 Å². The topological polar surface area (TPSA) is 67.2 Å². The van der Waals surface area contributed by atoms with Crippen molar-refractivity contribution in [3.8, 4) is 0 Å². The van der Waals surface area contributed by atoms with E-state index in [0.717, 1.165) is 36.9 Å². The van der Waals surface area contributed by atoms with Crippen LogP contribution in [0, 0.1) is 0 Å². The molecule has 1 aliphatic rings. The minimum absolute atomic E-state index is 0. The molecule has 1 atom stereocenters. The number of carbonyl (C=O) groups excluding carboxylic acids is 1. The van der Waals surface area contributed by atoms with E-state index >= 15 is 0 Å². The minimum Gasteiger partial charge on any atom is -0.356 e. The third kappa shape index (κ3) is 3.29. The van der Waals surface area contributed by atoms with E-state index in [1.807, 2.05) is 24.3 Å². The van der Waals surface area contributed by atoms with Gasteiger partial charge in [-0.1, -0.05) is 17.3 Å². The SMILES string of the molecule is Cl.O=C(Cc1noc2ccccc12)NC1CCCNC1. The molecule has 2 N–H and O–H groups in total. The molecule has 108 valence electrons. The molecule has 3 rings (SSSR count). The largest absolute Gasteiger partial charge is 0.356 e. The van der Waals surface area contributed by atoms with Crippen molar-refractivity contribution in [3.05, 3.63) is 30.0 Å². The molecule has 2 heterocycles. The standard InChI is InChI=1S/C14H17N3O2.ClH/c18-14(16-10-4-3-7-15-9-10)8-12-11-5-1-2-6-13(11)19-17-12;/h1-2,5-6,10,15H,3-4,7-9H2,(H,16,18);1H. The lowest BCUT2D eigenvalue weighted by atomic mass is 10.1. The third-order valence-electron chi connectivity index (χ3n) is 3.44. The zero-order chi connectivity index (χ0) is 13.1. The van der Waals surface area contributed by atoms with Gasteiger partial charge in [-0.15, -0.1) is 12.4 Å². The fraction of sp³-hybridized carbons (Fsp3) is 0.429. The molecule has 0 spiro atoms. The molecule has 1 aromatic heterocycles. The van der Waals surface area contributed by atoms with E-state index in [9.17, 15) is 4.79 Å². The molecule has 1 aromatic carbocycles. The number of halogens is 1. The normalized spacial score (nSPS) is 18.5. The number of carbonyl (C=O) groups is 1.